The van der Waals surface area contributed by atoms with Crippen molar-refractivity contribution in [3.63, 3.8) is 0 Å². The first-order valence-electron chi connectivity index (χ1n) is 8.77. The Morgan fingerprint density at radius 1 is 0.929 bits per heavy atom. The van der Waals surface area contributed by atoms with E-state index in [1.54, 1.807) is 12.1 Å². The predicted octanol–water partition coefficient (Wildman–Crippen LogP) is 1.90. The third-order valence-corrected chi connectivity index (χ3v) is 4.52. The van der Waals surface area contributed by atoms with E-state index in [9.17, 15) is 18.8 Å². The highest BCUT2D eigenvalue weighted by Gasteiger charge is 2.26. The van der Waals surface area contributed by atoms with Gasteiger partial charge in [-0.05, 0) is 48.5 Å². The van der Waals surface area contributed by atoms with Crippen molar-refractivity contribution in [3.05, 3.63) is 59.9 Å². The fourth-order valence-electron chi connectivity index (χ4n) is 2.96. The van der Waals surface area contributed by atoms with E-state index >= 15 is 0 Å². The number of methoxy groups -OCH3 is 1. The van der Waals surface area contributed by atoms with Crippen LogP contribution in [0.3, 0.4) is 0 Å². The van der Waals surface area contributed by atoms with Crippen LogP contribution in [0.4, 0.5) is 15.8 Å². The number of hydrogen-bond acceptors (Lipinski definition) is 5. The van der Waals surface area contributed by atoms with Crippen LogP contribution in [0.1, 0.15) is 10.4 Å². The summed E-state index contributed by atoms with van der Waals surface area (Å²) >= 11 is 0. The van der Waals surface area contributed by atoms with Gasteiger partial charge in [0.2, 0.25) is 0 Å². The predicted molar refractivity (Wildman–Crippen MR) is 102 cm³/mol. The number of nitrogens with zero attached hydrogens (tertiary/aromatic N) is 2. The molecule has 1 saturated heterocycles. The zero-order valence-corrected chi connectivity index (χ0v) is 15.4. The second-order valence-electron chi connectivity index (χ2n) is 6.28. The monoisotopic (exact) mass is 385 g/mol. The molecule has 2 aromatic carbocycles. The van der Waals surface area contributed by atoms with Crippen molar-refractivity contribution in [1.29, 1.82) is 0 Å². The Morgan fingerprint density at radius 3 is 2.11 bits per heavy atom. The number of nitrogens with one attached hydrogen (secondary N) is 1. The molecule has 0 atom stereocenters. The Balaban J connectivity index is 1.53. The molecule has 7 nitrogen and oxygen atoms in total. The zero-order valence-electron chi connectivity index (χ0n) is 15.4. The summed E-state index contributed by atoms with van der Waals surface area (Å²) in [5, 5.41) is 2.53. The second kappa shape index (κ2) is 8.51. The first kappa shape index (κ1) is 19.3. The van der Waals surface area contributed by atoms with Gasteiger partial charge in [0.1, 0.15) is 5.82 Å². The molecule has 1 aliphatic heterocycles. The lowest BCUT2D eigenvalue weighted by Crippen LogP contribution is -2.51. The molecule has 0 unspecified atom stereocenters. The van der Waals surface area contributed by atoms with Crippen molar-refractivity contribution < 1.29 is 23.5 Å². The van der Waals surface area contributed by atoms with E-state index in [1.807, 2.05) is 4.90 Å². The average Bonchev–Trinajstić information content (AvgIpc) is 2.74. The molecular formula is C20H20FN3O4. The summed E-state index contributed by atoms with van der Waals surface area (Å²) in [6.07, 6.45) is 0. The smallest absolute Gasteiger partial charge is 0.337 e. The molecule has 1 heterocycles. The Kier molecular flexibility index (Phi) is 5.88. The van der Waals surface area contributed by atoms with Gasteiger partial charge in [-0.3, -0.25) is 9.59 Å². The van der Waals surface area contributed by atoms with E-state index in [-0.39, 0.29) is 5.82 Å². The molecule has 28 heavy (non-hydrogen) atoms. The summed E-state index contributed by atoms with van der Waals surface area (Å²) in [4.78, 5) is 39.5. The number of hydrogen-bond donors (Lipinski definition) is 1. The van der Waals surface area contributed by atoms with E-state index in [0.29, 0.717) is 37.4 Å². The topological polar surface area (TPSA) is 78.9 Å². The van der Waals surface area contributed by atoms with Crippen LogP contribution < -0.4 is 10.2 Å². The van der Waals surface area contributed by atoms with Gasteiger partial charge >= 0.3 is 17.8 Å². The maximum atomic E-state index is 13.0. The number of rotatable bonds is 3. The van der Waals surface area contributed by atoms with Crippen LogP contribution >= 0.6 is 0 Å². The quantitative estimate of drug-likeness (QED) is 0.645. The number of carbonyl (C=O) groups is 3. The van der Waals surface area contributed by atoms with Crippen molar-refractivity contribution in [2.75, 3.05) is 43.5 Å². The molecule has 1 aliphatic rings. The molecular weight excluding hydrogens is 365 g/mol. The number of halogens is 1. The SMILES string of the molecule is COC(=O)c1ccc(NC(=O)C(=O)N2CCN(c3ccc(F)cc3)CC2)cc1. The molecule has 2 amide bonds. The van der Waals surface area contributed by atoms with Crippen molar-refractivity contribution in [3.8, 4) is 0 Å². The first-order chi connectivity index (χ1) is 13.5. The van der Waals surface area contributed by atoms with Gasteiger partial charge in [0.05, 0.1) is 12.7 Å². The number of carbonyl (C=O) groups excluding carboxylic acids is 3. The molecule has 0 aromatic heterocycles. The molecule has 1 fully saturated rings. The van der Waals surface area contributed by atoms with E-state index < -0.39 is 17.8 Å². The van der Waals surface area contributed by atoms with Crippen molar-refractivity contribution in [1.82, 2.24) is 4.90 Å². The summed E-state index contributed by atoms with van der Waals surface area (Å²) in [6, 6.07) is 12.3. The summed E-state index contributed by atoms with van der Waals surface area (Å²) < 4.78 is 17.6. The second-order valence-corrected chi connectivity index (χ2v) is 6.28. The van der Waals surface area contributed by atoms with Crippen LogP contribution in [0.25, 0.3) is 0 Å². The van der Waals surface area contributed by atoms with E-state index in [0.717, 1.165) is 5.69 Å². The molecule has 146 valence electrons. The standard InChI is InChI=1S/C20H20FN3O4/c1-28-20(27)14-2-6-16(7-3-14)22-18(25)19(26)24-12-10-23(11-13-24)17-8-4-15(21)5-9-17/h2-9H,10-13H2,1H3,(H,22,25). The molecule has 0 bridgehead atoms. The van der Waals surface area contributed by atoms with Crippen LogP contribution in [0.15, 0.2) is 48.5 Å². The lowest BCUT2D eigenvalue weighted by atomic mass is 10.2. The van der Waals surface area contributed by atoms with Gasteiger partial charge in [0.25, 0.3) is 0 Å². The normalized spacial score (nSPS) is 13.8. The highest BCUT2D eigenvalue weighted by atomic mass is 19.1. The Bertz CT molecular complexity index is 860. The largest absolute Gasteiger partial charge is 0.465 e. The van der Waals surface area contributed by atoms with Crippen LogP contribution in [0, 0.1) is 5.82 Å². The van der Waals surface area contributed by atoms with Crippen LogP contribution in [-0.4, -0.2) is 56.0 Å². The van der Waals surface area contributed by atoms with Crippen molar-refractivity contribution >= 4 is 29.2 Å². The summed E-state index contributed by atoms with van der Waals surface area (Å²) in [7, 11) is 1.28. The summed E-state index contributed by atoms with van der Waals surface area (Å²) in [6.45, 7) is 1.90. The molecule has 0 aliphatic carbocycles. The highest BCUT2D eigenvalue weighted by molar-refractivity contribution is 6.39. The third-order valence-electron chi connectivity index (χ3n) is 4.52. The third kappa shape index (κ3) is 4.46. The average molecular weight is 385 g/mol. The minimum Gasteiger partial charge on any atom is -0.465 e. The number of ether oxygens (including phenoxy) is 1. The Morgan fingerprint density at radius 2 is 1.54 bits per heavy atom. The number of esters is 1. The molecule has 8 heteroatoms. The first-order valence-corrected chi connectivity index (χ1v) is 8.77. The number of piperazine rings is 1. The minimum atomic E-state index is -0.735. The van der Waals surface area contributed by atoms with Gasteiger partial charge in [-0.2, -0.15) is 0 Å². The van der Waals surface area contributed by atoms with Crippen LogP contribution in [0.2, 0.25) is 0 Å². The van der Waals surface area contributed by atoms with E-state index in [2.05, 4.69) is 10.1 Å². The van der Waals surface area contributed by atoms with Crippen molar-refractivity contribution in [2.24, 2.45) is 0 Å². The minimum absolute atomic E-state index is 0.297. The highest BCUT2D eigenvalue weighted by Crippen LogP contribution is 2.17. The molecule has 3 rings (SSSR count). The van der Waals surface area contributed by atoms with Gasteiger partial charge in [0.15, 0.2) is 0 Å². The molecule has 0 spiro atoms. The molecule has 0 saturated carbocycles. The van der Waals surface area contributed by atoms with Gasteiger partial charge in [0, 0.05) is 37.6 Å². The molecule has 2 aromatic rings. The van der Waals surface area contributed by atoms with Crippen LogP contribution in [0.5, 0.6) is 0 Å². The molecule has 0 radical (unpaired) electrons. The summed E-state index contributed by atoms with van der Waals surface area (Å²) in [5.74, 6) is -2.13. The van der Waals surface area contributed by atoms with Crippen molar-refractivity contribution in [2.45, 2.75) is 0 Å². The Hall–Kier alpha value is -3.42. The summed E-state index contributed by atoms with van der Waals surface area (Å²) in [5.41, 5.74) is 1.64. The van der Waals surface area contributed by atoms with E-state index in [4.69, 9.17) is 0 Å². The van der Waals surface area contributed by atoms with Gasteiger partial charge < -0.3 is 19.9 Å². The maximum absolute atomic E-state index is 13.0. The van der Waals surface area contributed by atoms with Gasteiger partial charge in [-0.25, -0.2) is 9.18 Å². The fraction of sp³-hybridized carbons (Fsp3) is 0.250. The number of amides is 2. The van der Waals surface area contributed by atoms with Gasteiger partial charge in [-0.15, -0.1) is 0 Å². The number of anilines is 2. The Labute approximate surface area is 161 Å². The zero-order chi connectivity index (χ0) is 20.1. The number of benzene rings is 2. The lowest BCUT2D eigenvalue weighted by molar-refractivity contribution is -0.143. The lowest BCUT2D eigenvalue weighted by Gasteiger charge is -2.35. The maximum Gasteiger partial charge on any atom is 0.337 e. The van der Waals surface area contributed by atoms with E-state index in [1.165, 1.54) is 48.4 Å². The van der Waals surface area contributed by atoms with Gasteiger partial charge in [-0.1, -0.05) is 0 Å². The fourth-order valence-corrected chi connectivity index (χ4v) is 2.96. The van der Waals surface area contributed by atoms with Crippen LogP contribution in [-0.2, 0) is 14.3 Å². The molecule has 1 N–H and O–H groups in total.